The molecule has 1 unspecified atom stereocenters. The lowest BCUT2D eigenvalue weighted by molar-refractivity contribution is -0.139. The highest BCUT2D eigenvalue weighted by Crippen LogP contribution is 2.33. The SMILES string of the molecule is COc1ccc(C(ONC(C)=CC2CCc3c(cccc3OCC(=O)O)C2)c2ccc(OC)cc2)cc1. The number of ether oxygens (including phenoxy) is 3. The molecule has 1 aliphatic rings. The van der Waals surface area contributed by atoms with E-state index in [0.29, 0.717) is 11.7 Å². The van der Waals surface area contributed by atoms with Crippen LogP contribution >= 0.6 is 0 Å². The fraction of sp³-hybridized carbons (Fsp3) is 0.300. The van der Waals surface area contributed by atoms with Crippen LogP contribution in [-0.2, 0) is 22.5 Å². The minimum atomic E-state index is -0.974. The van der Waals surface area contributed by atoms with Crippen LogP contribution in [-0.4, -0.2) is 31.9 Å². The summed E-state index contributed by atoms with van der Waals surface area (Å²) >= 11 is 0. The second kappa shape index (κ2) is 12.3. The van der Waals surface area contributed by atoms with Crippen molar-refractivity contribution >= 4 is 5.97 Å². The fourth-order valence-electron chi connectivity index (χ4n) is 4.64. The number of benzene rings is 3. The molecule has 4 rings (SSSR count). The van der Waals surface area contributed by atoms with E-state index in [1.165, 1.54) is 5.56 Å². The van der Waals surface area contributed by atoms with Crippen molar-refractivity contribution in [1.29, 1.82) is 0 Å². The summed E-state index contributed by atoms with van der Waals surface area (Å²) in [4.78, 5) is 17.1. The van der Waals surface area contributed by atoms with Crippen molar-refractivity contribution in [1.82, 2.24) is 5.48 Å². The van der Waals surface area contributed by atoms with Crippen LogP contribution in [0, 0.1) is 5.92 Å². The minimum absolute atomic E-state index is 0.330. The van der Waals surface area contributed by atoms with Crippen LogP contribution in [0.4, 0.5) is 0 Å². The topological polar surface area (TPSA) is 86.2 Å². The van der Waals surface area contributed by atoms with Crippen LogP contribution in [0.2, 0.25) is 0 Å². The van der Waals surface area contributed by atoms with Crippen molar-refractivity contribution in [3.63, 3.8) is 0 Å². The smallest absolute Gasteiger partial charge is 0.341 e. The van der Waals surface area contributed by atoms with Crippen LogP contribution < -0.4 is 19.7 Å². The molecule has 0 aliphatic heterocycles. The number of carboxylic acids is 1. The average molecular weight is 504 g/mol. The molecule has 0 fully saturated rings. The Balaban J connectivity index is 1.45. The average Bonchev–Trinajstić information content (AvgIpc) is 2.92. The lowest BCUT2D eigenvalue weighted by Crippen LogP contribution is -2.20. The number of methoxy groups -OCH3 is 2. The Bertz CT molecular complexity index is 1170. The van der Waals surface area contributed by atoms with Crippen molar-refractivity contribution < 1.29 is 28.9 Å². The summed E-state index contributed by atoms with van der Waals surface area (Å²) in [7, 11) is 3.30. The molecule has 0 spiro atoms. The first-order chi connectivity index (χ1) is 18.0. The molecule has 0 aromatic heterocycles. The minimum Gasteiger partial charge on any atom is -0.497 e. The van der Waals surface area contributed by atoms with Gasteiger partial charge in [-0.3, -0.25) is 10.3 Å². The van der Waals surface area contributed by atoms with E-state index >= 15 is 0 Å². The second-order valence-electron chi connectivity index (χ2n) is 9.08. The van der Waals surface area contributed by atoms with Crippen LogP contribution in [0.3, 0.4) is 0 Å². The van der Waals surface area contributed by atoms with Gasteiger partial charge < -0.3 is 19.3 Å². The molecule has 3 aromatic rings. The van der Waals surface area contributed by atoms with E-state index in [9.17, 15) is 4.79 Å². The number of hydrogen-bond acceptors (Lipinski definition) is 6. The summed E-state index contributed by atoms with van der Waals surface area (Å²) in [6.45, 7) is 1.67. The largest absolute Gasteiger partial charge is 0.497 e. The molecule has 3 aromatic carbocycles. The van der Waals surface area contributed by atoms with Gasteiger partial charge in [0.25, 0.3) is 0 Å². The molecule has 37 heavy (non-hydrogen) atoms. The van der Waals surface area contributed by atoms with Crippen LogP contribution in [0.5, 0.6) is 17.2 Å². The Morgan fingerprint density at radius 2 is 1.62 bits per heavy atom. The monoisotopic (exact) mass is 503 g/mol. The number of fused-ring (bicyclic) bond motifs is 1. The molecule has 0 amide bonds. The van der Waals surface area contributed by atoms with E-state index < -0.39 is 5.97 Å². The molecule has 2 N–H and O–H groups in total. The molecule has 0 heterocycles. The number of carbonyl (C=O) groups is 1. The van der Waals surface area contributed by atoms with Crippen LogP contribution in [0.15, 0.2) is 78.5 Å². The van der Waals surface area contributed by atoms with Gasteiger partial charge in [0.1, 0.15) is 23.4 Å². The Kier molecular flexibility index (Phi) is 8.69. The quantitative estimate of drug-likeness (QED) is 0.335. The molecular weight excluding hydrogens is 470 g/mol. The third-order valence-corrected chi connectivity index (χ3v) is 6.49. The molecule has 0 saturated heterocycles. The fourth-order valence-corrected chi connectivity index (χ4v) is 4.64. The van der Waals surface area contributed by atoms with Gasteiger partial charge in [0.2, 0.25) is 0 Å². The van der Waals surface area contributed by atoms with E-state index in [-0.39, 0.29) is 12.7 Å². The molecule has 194 valence electrons. The molecule has 0 saturated carbocycles. The summed E-state index contributed by atoms with van der Waals surface area (Å²) in [5.74, 6) is 1.60. The standard InChI is InChI=1S/C30H33NO6/c1-20(17-21-7-16-27-24(18-21)5-4-6-28(27)36-19-29(32)33)31-37-30(22-8-12-25(34-2)13-9-22)23-10-14-26(35-3)15-11-23/h4-6,8-15,17,21,30-31H,7,16,18-19H2,1-3H3,(H,32,33). The van der Waals surface area contributed by atoms with Gasteiger partial charge in [0.15, 0.2) is 6.61 Å². The van der Waals surface area contributed by atoms with Gasteiger partial charge in [0.05, 0.1) is 14.2 Å². The van der Waals surface area contributed by atoms with E-state index in [4.69, 9.17) is 24.2 Å². The summed E-state index contributed by atoms with van der Waals surface area (Å²) in [5.41, 5.74) is 8.37. The number of rotatable bonds is 11. The first kappa shape index (κ1) is 26.1. The highest BCUT2D eigenvalue weighted by atomic mass is 16.7. The van der Waals surface area contributed by atoms with Crippen molar-refractivity contribution in [3.8, 4) is 17.2 Å². The van der Waals surface area contributed by atoms with E-state index in [1.54, 1.807) is 14.2 Å². The maximum Gasteiger partial charge on any atom is 0.341 e. The Hall–Kier alpha value is -3.97. The molecule has 1 atom stereocenters. The lowest BCUT2D eigenvalue weighted by Gasteiger charge is -2.25. The van der Waals surface area contributed by atoms with Crippen molar-refractivity contribution in [2.24, 2.45) is 5.92 Å². The number of carboxylic acid groups (broad SMARTS) is 1. The maximum atomic E-state index is 10.9. The van der Waals surface area contributed by atoms with Gasteiger partial charge in [-0.15, -0.1) is 0 Å². The normalized spacial score (nSPS) is 15.1. The van der Waals surface area contributed by atoms with Gasteiger partial charge >= 0.3 is 5.97 Å². The third kappa shape index (κ3) is 6.83. The number of hydrogen-bond donors (Lipinski definition) is 2. The first-order valence-corrected chi connectivity index (χ1v) is 12.3. The molecule has 7 nitrogen and oxygen atoms in total. The maximum absolute atomic E-state index is 10.9. The van der Waals surface area contributed by atoms with Gasteiger partial charge in [-0.2, -0.15) is 0 Å². The zero-order chi connectivity index (χ0) is 26.2. The zero-order valence-electron chi connectivity index (χ0n) is 21.4. The van der Waals surface area contributed by atoms with Gasteiger partial charge in [-0.05, 0) is 84.7 Å². The Morgan fingerprint density at radius 1 is 1.00 bits per heavy atom. The number of aliphatic carboxylic acids is 1. The summed E-state index contributed by atoms with van der Waals surface area (Å²) in [6, 6.07) is 21.5. The second-order valence-corrected chi connectivity index (χ2v) is 9.08. The van der Waals surface area contributed by atoms with Gasteiger partial charge in [0, 0.05) is 5.70 Å². The molecule has 0 bridgehead atoms. The van der Waals surface area contributed by atoms with Gasteiger partial charge in [-0.25, -0.2) is 4.79 Å². The van der Waals surface area contributed by atoms with E-state index in [0.717, 1.165) is 53.1 Å². The molecule has 0 radical (unpaired) electrons. The summed E-state index contributed by atoms with van der Waals surface area (Å²) in [5, 5.41) is 8.94. The zero-order valence-corrected chi connectivity index (χ0v) is 21.4. The molecule has 7 heteroatoms. The summed E-state index contributed by atoms with van der Waals surface area (Å²) in [6.07, 6.45) is 4.51. The number of nitrogens with one attached hydrogen (secondary N) is 1. The highest BCUT2D eigenvalue weighted by molar-refractivity contribution is 5.68. The molecule has 1 aliphatic carbocycles. The first-order valence-electron chi connectivity index (χ1n) is 12.3. The number of hydroxylamine groups is 1. The Labute approximate surface area is 217 Å². The van der Waals surface area contributed by atoms with Crippen LogP contribution in [0.25, 0.3) is 0 Å². The predicted molar refractivity (Wildman–Crippen MR) is 141 cm³/mol. The Morgan fingerprint density at radius 3 is 2.19 bits per heavy atom. The summed E-state index contributed by atoms with van der Waals surface area (Å²) < 4.78 is 16.1. The highest BCUT2D eigenvalue weighted by Gasteiger charge is 2.21. The predicted octanol–water partition coefficient (Wildman–Crippen LogP) is 5.49. The van der Waals surface area contributed by atoms with Gasteiger partial charge in [-0.1, -0.05) is 42.5 Å². The van der Waals surface area contributed by atoms with E-state index in [1.807, 2.05) is 67.6 Å². The molecular formula is C30H33NO6. The van der Waals surface area contributed by atoms with Crippen molar-refractivity contribution in [3.05, 3.63) is 101 Å². The number of allylic oxidation sites excluding steroid dienone is 2. The van der Waals surface area contributed by atoms with Crippen molar-refractivity contribution in [2.75, 3.05) is 20.8 Å². The third-order valence-electron chi connectivity index (χ3n) is 6.49. The van der Waals surface area contributed by atoms with E-state index in [2.05, 4.69) is 17.6 Å². The lowest BCUT2D eigenvalue weighted by atomic mass is 9.83. The van der Waals surface area contributed by atoms with Crippen LogP contribution in [0.1, 0.15) is 41.7 Å². The van der Waals surface area contributed by atoms with Crippen molar-refractivity contribution in [2.45, 2.75) is 32.3 Å².